The molecule has 0 fully saturated rings. The predicted molar refractivity (Wildman–Crippen MR) is 74.7 cm³/mol. The Hall–Kier alpha value is -2.69. The highest BCUT2D eigenvalue weighted by molar-refractivity contribution is 6.00. The minimum atomic E-state index is -0.973. The van der Waals surface area contributed by atoms with E-state index in [9.17, 15) is 9.90 Å². The molecule has 1 unspecified atom stereocenters. The number of aromatic carboxylic acids is 1. The summed E-state index contributed by atoms with van der Waals surface area (Å²) in [4.78, 5) is 11.4. The van der Waals surface area contributed by atoms with E-state index >= 15 is 0 Å². The molecule has 1 heterocycles. The van der Waals surface area contributed by atoms with Gasteiger partial charge in [0, 0.05) is 0 Å². The van der Waals surface area contributed by atoms with Gasteiger partial charge >= 0.3 is 5.97 Å². The van der Waals surface area contributed by atoms with Gasteiger partial charge in [-0.1, -0.05) is 41.6 Å². The van der Waals surface area contributed by atoms with Gasteiger partial charge in [-0.3, -0.25) is 0 Å². The van der Waals surface area contributed by atoms with Crippen molar-refractivity contribution in [2.24, 2.45) is 0 Å². The third-order valence-electron chi connectivity index (χ3n) is 3.37. The number of carboxylic acids is 1. The summed E-state index contributed by atoms with van der Waals surface area (Å²) in [7, 11) is 0. The lowest BCUT2D eigenvalue weighted by molar-refractivity contribution is 0.0698. The fraction of sp³-hybridized carbons (Fsp3) is 0.133. The molecular weight excluding hydrogens is 254 g/mol. The van der Waals surface area contributed by atoms with Crippen LogP contribution in [-0.2, 0) is 0 Å². The van der Waals surface area contributed by atoms with E-state index in [0.717, 1.165) is 5.56 Å². The number of carbonyl (C=O) groups is 1. The van der Waals surface area contributed by atoms with Crippen LogP contribution in [0.2, 0.25) is 0 Å². The Bertz CT molecular complexity index is 765. The third kappa shape index (κ3) is 1.93. The molecule has 100 valence electrons. The fourth-order valence-corrected chi connectivity index (χ4v) is 2.31. The fourth-order valence-electron chi connectivity index (χ4n) is 2.31. The van der Waals surface area contributed by atoms with Gasteiger partial charge in [-0.2, -0.15) is 0 Å². The number of para-hydroxylation sites is 1. The summed E-state index contributed by atoms with van der Waals surface area (Å²) >= 11 is 0. The Kier molecular flexibility index (Phi) is 2.95. The zero-order valence-electron chi connectivity index (χ0n) is 10.9. The first-order valence-corrected chi connectivity index (χ1v) is 6.30. The van der Waals surface area contributed by atoms with Crippen molar-refractivity contribution in [3.63, 3.8) is 0 Å². The molecule has 0 spiro atoms. The average Bonchev–Trinajstić information content (AvgIpc) is 2.91. The summed E-state index contributed by atoms with van der Waals surface area (Å²) in [6.45, 7) is 1.97. The van der Waals surface area contributed by atoms with E-state index in [0.29, 0.717) is 11.0 Å². The maximum absolute atomic E-state index is 11.4. The zero-order chi connectivity index (χ0) is 14.1. The van der Waals surface area contributed by atoms with Crippen LogP contribution in [0.5, 0.6) is 0 Å². The molecule has 0 saturated heterocycles. The maximum Gasteiger partial charge on any atom is 0.337 e. The average molecular weight is 267 g/mol. The van der Waals surface area contributed by atoms with Crippen LogP contribution in [0.15, 0.2) is 48.5 Å². The van der Waals surface area contributed by atoms with Gasteiger partial charge in [0.1, 0.15) is 11.0 Å². The van der Waals surface area contributed by atoms with Gasteiger partial charge < -0.3 is 5.11 Å². The Morgan fingerprint density at radius 1 is 1.15 bits per heavy atom. The minimum absolute atomic E-state index is 0.0818. The third-order valence-corrected chi connectivity index (χ3v) is 3.37. The molecule has 0 amide bonds. The van der Waals surface area contributed by atoms with Gasteiger partial charge in [0.2, 0.25) is 0 Å². The van der Waals surface area contributed by atoms with Crippen LogP contribution in [0.1, 0.15) is 28.9 Å². The van der Waals surface area contributed by atoms with Crippen molar-refractivity contribution in [3.05, 3.63) is 59.7 Å². The van der Waals surface area contributed by atoms with Gasteiger partial charge in [0.25, 0.3) is 0 Å². The number of carboxylic acid groups (broad SMARTS) is 1. The van der Waals surface area contributed by atoms with Gasteiger partial charge in [-0.15, -0.1) is 5.10 Å². The lowest BCUT2D eigenvalue weighted by atomic mass is 10.1. The van der Waals surface area contributed by atoms with Crippen molar-refractivity contribution in [1.82, 2.24) is 15.0 Å². The largest absolute Gasteiger partial charge is 0.478 e. The zero-order valence-corrected chi connectivity index (χ0v) is 10.9. The molecule has 1 atom stereocenters. The Labute approximate surface area is 115 Å². The second-order valence-electron chi connectivity index (χ2n) is 4.60. The van der Waals surface area contributed by atoms with Gasteiger partial charge in [0.15, 0.2) is 0 Å². The van der Waals surface area contributed by atoms with Gasteiger partial charge in [-0.05, 0) is 24.6 Å². The summed E-state index contributed by atoms with van der Waals surface area (Å²) in [5, 5.41) is 17.5. The number of benzene rings is 2. The number of nitrogens with zero attached hydrogens (tertiary/aromatic N) is 3. The number of hydrogen-bond acceptors (Lipinski definition) is 3. The van der Waals surface area contributed by atoms with Crippen LogP contribution < -0.4 is 0 Å². The smallest absolute Gasteiger partial charge is 0.337 e. The molecule has 20 heavy (non-hydrogen) atoms. The molecule has 1 aromatic heterocycles. The number of rotatable bonds is 3. The van der Waals surface area contributed by atoms with E-state index in [1.165, 1.54) is 0 Å². The summed E-state index contributed by atoms with van der Waals surface area (Å²) in [6, 6.07) is 14.7. The monoisotopic (exact) mass is 267 g/mol. The molecule has 0 aliphatic carbocycles. The molecule has 0 saturated carbocycles. The highest BCUT2D eigenvalue weighted by Crippen LogP contribution is 2.24. The summed E-state index contributed by atoms with van der Waals surface area (Å²) in [6.07, 6.45) is 0. The SMILES string of the molecule is CC(c1ccccc1)n1nnc2cccc(C(=O)O)c21. The Morgan fingerprint density at radius 3 is 2.60 bits per heavy atom. The first-order chi connectivity index (χ1) is 9.68. The molecular formula is C15H13N3O2. The van der Waals surface area contributed by atoms with E-state index in [1.54, 1.807) is 22.9 Å². The van der Waals surface area contributed by atoms with E-state index < -0.39 is 5.97 Å². The van der Waals surface area contributed by atoms with Crippen molar-refractivity contribution in [3.8, 4) is 0 Å². The lowest BCUT2D eigenvalue weighted by Crippen LogP contribution is -2.11. The first kappa shape index (κ1) is 12.3. The molecule has 1 N–H and O–H groups in total. The van der Waals surface area contributed by atoms with E-state index in [1.807, 2.05) is 37.3 Å². The summed E-state index contributed by atoms with van der Waals surface area (Å²) in [5.74, 6) is -0.973. The maximum atomic E-state index is 11.4. The molecule has 3 rings (SSSR count). The quantitative estimate of drug-likeness (QED) is 0.792. The van der Waals surface area contributed by atoms with Crippen molar-refractivity contribution < 1.29 is 9.90 Å². The predicted octanol–water partition coefficient (Wildman–Crippen LogP) is 2.74. The van der Waals surface area contributed by atoms with Crippen molar-refractivity contribution in [1.29, 1.82) is 0 Å². The van der Waals surface area contributed by atoms with Crippen LogP contribution in [0, 0.1) is 0 Å². The standard InChI is InChI=1S/C15H13N3O2/c1-10(11-6-3-2-4-7-11)18-14-12(15(19)20)8-5-9-13(14)16-17-18/h2-10H,1H3,(H,19,20). The number of aromatic nitrogens is 3. The molecule has 5 nitrogen and oxygen atoms in total. The van der Waals surface area contributed by atoms with Crippen molar-refractivity contribution >= 4 is 17.0 Å². The van der Waals surface area contributed by atoms with E-state index in [-0.39, 0.29) is 11.6 Å². The van der Waals surface area contributed by atoms with Gasteiger partial charge in [0.05, 0.1) is 11.6 Å². The van der Waals surface area contributed by atoms with Crippen molar-refractivity contribution in [2.45, 2.75) is 13.0 Å². The minimum Gasteiger partial charge on any atom is -0.478 e. The van der Waals surface area contributed by atoms with E-state index in [4.69, 9.17) is 0 Å². The molecule has 2 aromatic carbocycles. The Morgan fingerprint density at radius 2 is 1.90 bits per heavy atom. The lowest BCUT2D eigenvalue weighted by Gasteiger charge is -2.13. The summed E-state index contributed by atoms with van der Waals surface area (Å²) in [5.41, 5.74) is 2.42. The van der Waals surface area contributed by atoms with Crippen LogP contribution in [0.25, 0.3) is 11.0 Å². The van der Waals surface area contributed by atoms with Crippen molar-refractivity contribution in [2.75, 3.05) is 0 Å². The molecule has 0 radical (unpaired) electrons. The van der Waals surface area contributed by atoms with Crippen LogP contribution in [0.3, 0.4) is 0 Å². The van der Waals surface area contributed by atoms with Gasteiger partial charge in [-0.25, -0.2) is 9.48 Å². The highest BCUT2D eigenvalue weighted by atomic mass is 16.4. The number of fused-ring (bicyclic) bond motifs is 1. The summed E-state index contributed by atoms with van der Waals surface area (Å²) < 4.78 is 1.66. The highest BCUT2D eigenvalue weighted by Gasteiger charge is 2.18. The second kappa shape index (κ2) is 4.77. The normalized spacial score (nSPS) is 12.4. The second-order valence-corrected chi connectivity index (χ2v) is 4.60. The van der Waals surface area contributed by atoms with E-state index in [2.05, 4.69) is 10.3 Å². The molecule has 0 aliphatic heterocycles. The Balaban J connectivity index is 2.20. The van der Waals surface area contributed by atoms with Crippen LogP contribution >= 0.6 is 0 Å². The topological polar surface area (TPSA) is 68.0 Å². The van der Waals surface area contributed by atoms with Crippen LogP contribution in [-0.4, -0.2) is 26.1 Å². The molecule has 3 aromatic rings. The molecule has 5 heteroatoms. The first-order valence-electron chi connectivity index (χ1n) is 6.30. The molecule has 0 aliphatic rings. The van der Waals surface area contributed by atoms with Crippen LogP contribution in [0.4, 0.5) is 0 Å². The molecule has 0 bridgehead atoms. The number of hydrogen-bond donors (Lipinski definition) is 1.